The highest BCUT2D eigenvalue weighted by Crippen LogP contribution is 2.18. The van der Waals surface area contributed by atoms with Crippen LogP contribution < -0.4 is 0 Å². The zero-order valence-corrected chi connectivity index (χ0v) is 20.1. The third-order valence-electron chi connectivity index (χ3n) is 5.88. The van der Waals surface area contributed by atoms with Crippen molar-refractivity contribution in [2.24, 2.45) is 0 Å². The Labute approximate surface area is 194 Å². The predicted octanol–water partition coefficient (Wildman–Crippen LogP) is 5.83. The summed E-state index contributed by atoms with van der Waals surface area (Å²) in [7, 11) is 0. The molecule has 0 rings (SSSR count). The number of rotatable bonds is 23. The number of hydrogen-bond acceptors (Lipinski definition) is 3. The highest BCUT2D eigenvalue weighted by atomic mass is 16.4. The Bertz CT molecular complexity index is 496. The number of allylic oxidation sites excluding steroid dienone is 1. The van der Waals surface area contributed by atoms with Gasteiger partial charge in [-0.1, -0.05) is 58.3 Å². The summed E-state index contributed by atoms with van der Waals surface area (Å²) in [6.07, 6.45) is 18.2. The van der Waals surface area contributed by atoms with Gasteiger partial charge in [-0.3, -0.25) is 18.9 Å². The second-order valence-electron chi connectivity index (χ2n) is 8.88. The maximum absolute atomic E-state index is 11.0. The summed E-state index contributed by atoms with van der Waals surface area (Å²) in [5, 5.41) is 27.0. The first kappa shape index (κ1) is 30.1. The van der Waals surface area contributed by atoms with Crippen LogP contribution in [0.5, 0.6) is 0 Å². The molecule has 7 nitrogen and oxygen atoms in total. The second kappa shape index (κ2) is 19.8. The summed E-state index contributed by atoms with van der Waals surface area (Å²) in [5.74, 6) is -2.55. The van der Waals surface area contributed by atoms with Crippen LogP contribution in [0.4, 0.5) is 0 Å². The van der Waals surface area contributed by atoms with Gasteiger partial charge < -0.3 is 15.3 Å². The van der Waals surface area contributed by atoms with E-state index in [0.29, 0.717) is 43.4 Å². The number of nitrogens with zero attached hydrogens (tertiary/aromatic N) is 1. The first-order chi connectivity index (χ1) is 15.3. The molecule has 0 aromatic rings. The third kappa shape index (κ3) is 18.8. The summed E-state index contributed by atoms with van der Waals surface area (Å²) < 4.78 is 0.464. The van der Waals surface area contributed by atoms with Crippen LogP contribution in [0, 0.1) is 0 Å². The van der Waals surface area contributed by atoms with Gasteiger partial charge in [0, 0.05) is 19.3 Å². The molecule has 0 radical (unpaired) electrons. The van der Waals surface area contributed by atoms with Crippen LogP contribution >= 0.6 is 0 Å². The molecule has 0 amide bonds. The van der Waals surface area contributed by atoms with Gasteiger partial charge >= 0.3 is 17.9 Å². The van der Waals surface area contributed by atoms with Crippen LogP contribution in [0.1, 0.15) is 110 Å². The zero-order chi connectivity index (χ0) is 24.1. The van der Waals surface area contributed by atoms with Gasteiger partial charge in [0.15, 0.2) is 0 Å². The van der Waals surface area contributed by atoms with Gasteiger partial charge in [-0.05, 0) is 18.9 Å². The van der Waals surface area contributed by atoms with Crippen molar-refractivity contribution in [2.75, 3.05) is 19.6 Å². The lowest BCUT2D eigenvalue weighted by molar-refractivity contribution is -0.880. The molecule has 0 unspecified atom stereocenters. The summed E-state index contributed by atoms with van der Waals surface area (Å²) in [4.78, 5) is 32.9. The molecule has 0 aliphatic heterocycles. The zero-order valence-electron chi connectivity index (χ0n) is 20.1. The molecule has 0 fully saturated rings. The van der Waals surface area contributed by atoms with Crippen molar-refractivity contribution in [3.63, 3.8) is 0 Å². The molecule has 0 bridgehead atoms. The van der Waals surface area contributed by atoms with E-state index in [1.807, 2.05) is 0 Å². The number of quaternary nitrogens is 1. The topological polar surface area (TPSA) is 112 Å². The van der Waals surface area contributed by atoms with Crippen LogP contribution in [0.25, 0.3) is 0 Å². The van der Waals surface area contributed by atoms with Crippen molar-refractivity contribution < 1.29 is 34.2 Å². The van der Waals surface area contributed by atoms with E-state index in [1.165, 1.54) is 51.4 Å². The van der Waals surface area contributed by atoms with Gasteiger partial charge in [-0.15, -0.1) is 0 Å². The van der Waals surface area contributed by atoms with E-state index in [1.54, 1.807) is 0 Å². The molecule has 0 aliphatic carbocycles. The maximum atomic E-state index is 11.0. The minimum absolute atomic E-state index is 0.0595. The van der Waals surface area contributed by atoms with Gasteiger partial charge in [0.05, 0.1) is 45.1 Å². The number of hydrogen-bond donors (Lipinski definition) is 3. The number of carbonyl (C=O) groups is 3. The van der Waals surface area contributed by atoms with Gasteiger partial charge in [0.1, 0.15) is 0 Å². The lowest BCUT2D eigenvalue weighted by Crippen LogP contribution is -2.45. The molecule has 186 valence electrons. The van der Waals surface area contributed by atoms with E-state index in [4.69, 9.17) is 15.3 Å². The van der Waals surface area contributed by atoms with Crippen LogP contribution in [0.2, 0.25) is 0 Å². The smallest absolute Gasteiger partial charge is 0.303 e. The number of carboxylic acid groups (broad SMARTS) is 3. The fraction of sp³-hybridized carbons (Fsp3) is 0.800. The normalized spacial score (nSPS) is 11.8. The summed E-state index contributed by atoms with van der Waals surface area (Å²) >= 11 is 0. The molecule has 7 heteroatoms. The number of unbranched alkanes of at least 4 members (excludes halogenated alkanes) is 9. The average molecular weight is 457 g/mol. The lowest BCUT2D eigenvalue weighted by Gasteiger charge is -2.35. The van der Waals surface area contributed by atoms with E-state index in [-0.39, 0.29) is 19.3 Å². The molecule has 32 heavy (non-hydrogen) atoms. The van der Waals surface area contributed by atoms with Gasteiger partial charge in [0.2, 0.25) is 0 Å². The first-order valence-corrected chi connectivity index (χ1v) is 12.5. The standard InChI is InChI=1S/C25H45NO6/c1-2-3-4-5-6-7-8-9-10-11-12-19-26(20-13-16-23(27)28,21-14-17-24(29)30)22-15-18-25(31)32/h12,19H,2-11,13-18,20-22H2,1H3,(H2-,27,28,29,30,31,32)/p+1/b19-12+. The Balaban J connectivity index is 4.70. The first-order valence-electron chi connectivity index (χ1n) is 12.5. The minimum atomic E-state index is -0.849. The fourth-order valence-corrected chi connectivity index (χ4v) is 4.07. The SMILES string of the molecule is CCCCCCCCCCC/C=C/[N+](CCCC(=O)O)(CCCC(=O)O)CCCC(=O)O. The van der Waals surface area contributed by atoms with Crippen LogP contribution in [0.15, 0.2) is 12.3 Å². The Kier molecular flexibility index (Phi) is 18.6. The molecule has 0 atom stereocenters. The fourth-order valence-electron chi connectivity index (χ4n) is 4.07. The van der Waals surface area contributed by atoms with Crippen molar-refractivity contribution >= 4 is 17.9 Å². The quantitative estimate of drug-likeness (QED) is 0.132. The minimum Gasteiger partial charge on any atom is -0.481 e. The molecule has 3 N–H and O–H groups in total. The van der Waals surface area contributed by atoms with E-state index in [0.717, 1.165) is 12.8 Å². The monoisotopic (exact) mass is 456 g/mol. The van der Waals surface area contributed by atoms with Gasteiger partial charge in [0.25, 0.3) is 0 Å². The molecule has 0 spiro atoms. The van der Waals surface area contributed by atoms with Crippen molar-refractivity contribution in [1.82, 2.24) is 0 Å². The highest BCUT2D eigenvalue weighted by molar-refractivity contribution is 5.67. The molecule has 0 aromatic carbocycles. The van der Waals surface area contributed by atoms with Crippen molar-refractivity contribution in [2.45, 2.75) is 110 Å². The van der Waals surface area contributed by atoms with E-state index in [2.05, 4.69) is 19.2 Å². The molecule has 0 saturated heterocycles. The molecular formula is C25H46NO6+. The molecular weight excluding hydrogens is 410 g/mol. The Hall–Kier alpha value is -1.89. The largest absolute Gasteiger partial charge is 0.481 e. The molecule has 0 heterocycles. The molecule has 0 aromatic heterocycles. The summed E-state index contributed by atoms with van der Waals surface area (Å²) in [6.45, 7) is 3.98. The van der Waals surface area contributed by atoms with Crippen molar-refractivity contribution in [3.05, 3.63) is 12.3 Å². The molecule has 0 saturated carbocycles. The summed E-state index contributed by atoms with van der Waals surface area (Å²) in [5.41, 5.74) is 0. The van der Waals surface area contributed by atoms with E-state index >= 15 is 0 Å². The average Bonchev–Trinajstić information content (AvgIpc) is 2.71. The van der Waals surface area contributed by atoms with Gasteiger partial charge in [-0.2, -0.15) is 0 Å². The van der Waals surface area contributed by atoms with Crippen molar-refractivity contribution in [3.8, 4) is 0 Å². The Morgan fingerprint density at radius 1 is 0.594 bits per heavy atom. The van der Waals surface area contributed by atoms with Crippen molar-refractivity contribution in [1.29, 1.82) is 0 Å². The van der Waals surface area contributed by atoms with E-state index in [9.17, 15) is 14.4 Å². The second-order valence-corrected chi connectivity index (χ2v) is 8.88. The van der Waals surface area contributed by atoms with Crippen LogP contribution in [0.3, 0.4) is 0 Å². The van der Waals surface area contributed by atoms with Crippen LogP contribution in [-0.2, 0) is 14.4 Å². The lowest BCUT2D eigenvalue weighted by atomic mass is 10.1. The van der Waals surface area contributed by atoms with E-state index < -0.39 is 17.9 Å². The number of carboxylic acids is 3. The molecule has 0 aliphatic rings. The Morgan fingerprint density at radius 3 is 1.34 bits per heavy atom. The van der Waals surface area contributed by atoms with Crippen LogP contribution in [-0.4, -0.2) is 57.3 Å². The Morgan fingerprint density at radius 2 is 0.969 bits per heavy atom. The highest BCUT2D eigenvalue weighted by Gasteiger charge is 2.25. The summed E-state index contributed by atoms with van der Waals surface area (Å²) in [6, 6.07) is 0. The number of aliphatic carboxylic acids is 3. The predicted molar refractivity (Wildman–Crippen MR) is 126 cm³/mol. The van der Waals surface area contributed by atoms with Gasteiger partial charge in [-0.25, -0.2) is 0 Å². The maximum Gasteiger partial charge on any atom is 0.303 e. The third-order valence-corrected chi connectivity index (χ3v) is 5.88.